The largest absolute Gasteiger partial charge is 0.398 e. The van der Waals surface area contributed by atoms with Crippen molar-refractivity contribution in [2.75, 3.05) is 5.73 Å². The number of hydrogen-bond donors (Lipinski definition) is 3. The summed E-state index contributed by atoms with van der Waals surface area (Å²) in [5, 5.41) is 9.40. The standard InChI is InChI=1S/C11H18N2O/c1-6-4-7(2)10(12)9(5-6)11(13)8(3)14/h4-5,8,11,14H,12-13H2,1-3H3. The molecule has 0 saturated carbocycles. The van der Waals surface area contributed by atoms with Crippen molar-refractivity contribution in [1.82, 2.24) is 0 Å². The van der Waals surface area contributed by atoms with Crippen LogP contribution in [0.2, 0.25) is 0 Å². The lowest BCUT2D eigenvalue weighted by molar-refractivity contribution is 0.164. The maximum absolute atomic E-state index is 9.40. The van der Waals surface area contributed by atoms with E-state index in [1.54, 1.807) is 6.92 Å². The van der Waals surface area contributed by atoms with Crippen LogP contribution in [0.1, 0.15) is 29.7 Å². The first-order valence-corrected chi connectivity index (χ1v) is 4.73. The monoisotopic (exact) mass is 194 g/mol. The first-order chi connectivity index (χ1) is 6.43. The minimum absolute atomic E-state index is 0.409. The average molecular weight is 194 g/mol. The van der Waals surface area contributed by atoms with E-state index < -0.39 is 12.1 Å². The summed E-state index contributed by atoms with van der Waals surface area (Å²) < 4.78 is 0. The minimum atomic E-state index is -0.585. The van der Waals surface area contributed by atoms with Gasteiger partial charge in [-0.15, -0.1) is 0 Å². The molecular weight excluding hydrogens is 176 g/mol. The number of rotatable bonds is 2. The lowest BCUT2D eigenvalue weighted by atomic mass is 9.96. The van der Waals surface area contributed by atoms with Gasteiger partial charge in [-0.2, -0.15) is 0 Å². The molecular formula is C11H18N2O. The van der Waals surface area contributed by atoms with Gasteiger partial charge in [0.05, 0.1) is 12.1 Å². The van der Waals surface area contributed by atoms with Crippen molar-refractivity contribution in [3.63, 3.8) is 0 Å². The van der Waals surface area contributed by atoms with Crippen molar-refractivity contribution in [1.29, 1.82) is 0 Å². The zero-order valence-electron chi connectivity index (χ0n) is 8.91. The van der Waals surface area contributed by atoms with Crippen LogP contribution in [-0.4, -0.2) is 11.2 Å². The number of aliphatic hydroxyl groups is 1. The Hall–Kier alpha value is -1.06. The smallest absolute Gasteiger partial charge is 0.0705 e. The van der Waals surface area contributed by atoms with Gasteiger partial charge in [-0.3, -0.25) is 0 Å². The number of aryl methyl sites for hydroxylation is 2. The fraction of sp³-hybridized carbons (Fsp3) is 0.455. The Morgan fingerprint density at radius 3 is 2.36 bits per heavy atom. The molecule has 0 saturated heterocycles. The molecule has 5 N–H and O–H groups in total. The van der Waals surface area contributed by atoms with Crippen molar-refractivity contribution in [3.05, 3.63) is 28.8 Å². The summed E-state index contributed by atoms with van der Waals surface area (Å²) in [6.07, 6.45) is -0.585. The fourth-order valence-electron chi connectivity index (χ4n) is 1.55. The Balaban J connectivity index is 3.20. The highest BCUT2D eigenvalue weighted by atomic mass is 16.3. The van der Waals surface area contributed by atoms with Crippen molar-refractivity contribution >= 4 is 5.69 Å². The molecule has 0 aliphatic rings. The molecule has 0 heterocycles. The van der Waals surface area contributed by atoms with Crippen LogP contribution in [0.25, 0.3) is 0 Å². The van der Waals surface area contributed by atoms with E-state index in [9.17, 15) is 5.11 Å². The van der Waals surface area contributed by atoms with E-state index in [1.165, 1.54) is 0 Å². The minimum Gasteiger partial charge on any atom is -0.398 e. The molecule has 0 amide bonds. The Labute approximate surface area is 84.7 Å². The van der Waals surface area contributed by atoms with E-state index in [2.05, 4.69) is 0 Å². The van der Waals surface area contributed by atoms with Gasteiger partial charge in [-0.25, -0.2) is 0 Å². The molecule has 0 radical (unpaired) electrons. The maximum Gasteiger partial charge on any atom is 0.0705 e. The molecule has 1 rings (SSSR count). The highest BCUT2D eigenvalue weighted by molar-refractivity contribution is 5.56. The molecule has 0 aliphatic carbocycles. The molecule has 14 heavy (non-hydrogen) atoms. The van der Waals surface area contributed by atoms with Gasteiger partial charge in [-0.05, 0) is 31.9 Å². The van der Waals surface area contributed by atoms with E-state index in [0.717, 1.165) is 16.7 Å². The number of nitrogen functional groups attached to an aromatic ring is 1. The topological polar surface area (TPSA) is 72.3 Å². The van der Waals surface area contributed by atoms with Crippen LogP contribution < -0.4 is 11.5 Å². The molecule has 1 aromatic carbocycles. The number of nitrogens with two attached hydrogens (primary N) is 2. The fourth-order valence-corrected chi connectivity index (χ4v) is 1.55. The van der Waals surface area contributed by atoms with Crippen LogP contribution in [-0.2, 0) is 0 Å². The third kappa shape index (κ3) is 2.05. The first kappa shape index (κ1) is 11.0. The summed E-state index contributed by atoms with van der Waals surface area (Å²) in [5.41, 5.74) is 15.4. The molecule has 0 bridgehead atoms. The van der Waals surface area contributed by atoms with Gasteiger partial charge in [0.15, 0.2) is 0 Å². The number of hydrogen-bond acceptors (Lipinski definition) is 3. The Morgan fingerprint density at radius 2 is 1.86 bits per heavy atom. The van der Waals surface area contributed by atoms with E-state index >= 15 is 0 Å². The van der Waals surface area contributed by atoms with Gasteiger partial charge in [0.1, 0.15) is 0 Å². The van der Waals surface area contributed by atoms with Gasteiger partial charge in [0.25, 0.3) is 0 Å². The first-order valence-electron chi connectivity index (χ1n) is 4.73. The second kappa shape index (κ2) is 3.98. The summed E-state index contributed by atoms with van der Waals surface area (Å²) in [7, 11) is 0. The number of benzene rings is 1. The SMILES string of the molecule is Cc1cc(C)c(N)c(C(N)C(C)O)c1. The Bertz CT molecular complexity index is 334. The summed E-state index contributed by atoms with van der Waals surface area (Å²) in [6.45, 7) is 5.60. The molecule has 0 fully saturated rings. The Kier molecular flexibility index (Phi) is 3.13. The zero-order valence-corrected chi connectivity index (χ0v) is 8.91. The molecule has 0 aliphatic heterocycles. The second-order valence-corrected chi connectivity index (χ2v) is 3.85. The Morgan fingerprint density at radius 1 is 1.29 bits per heavy atom. The highest BCUT2D eigenvalue weighted by Crippen LogP contribution is 2.25. The zero-order chi connectivity index (χ0) is 10.9. The van der Waals surface area contributed by atoms with E-state index in [-0.39, 0.29) is 0 Å². The van der Waals surface area contributed by atoms with Gasteiger partial charge in [0, 0.05) is 5.69 Å². The normalized spacial score (nSPS) is 15.2. The van der Waals surface area contributed by atoms with Crippen LogP contribution in [0.4, 0.5) is 5.69 Å². The van der Waals surface area contributed by atoms with Gasteiger partial charge < -0.3 is 16.6 Å². The highest BCUT2D eigenvalue weighted by Gasteiger charge is 2.16. The lowest BCUT2D eigenvalue weighted by Gasteiger charge is -2.19. The van der Waals surface area contributed by atoms with Crippen LogP contribution in [0.5, 0.6) is 0 Å². The van der Waals surface area contributed by atoms with E-state index in [1.807, 2.05) is 26.0 Å². The lowest BCUT2D eigenvalue weighted by Crippen LogP contribution is -2.24. The quantitative estimate of drug-likeness (QED) is 0.621. The predicted molar refractivity (Wildman–Crippen MR) is 58.9 cm³/mol. The third-order valence-electron chi connectivity index (χ3n) is 2.44. The molecule has 3 nitrogen and oxygen atoms in total. The third-order valence-corrected chi connectivity index (χ3v) is 2.44. The molecule has 2 unspecified atom stereocenters. The molecule has 0 spiro atoms. The summed E-state index contributed by atoms with van der Waals surface area (Å²) in [6, 6.07) is 3.53. The van der Waals surface area contributed by atoms with Crippen molar-refractivity contribution in [2.24, 2.45) is 5.73 Å². The van der Waals surface area contributed by atoms with Gasteiger partial charge in [-0.1, -0.05) is 17.7 Å². The van der Waals surface area contributed by atoms with Gasteiger partial charge >= 0.3 is 0 Å². The van der Waals surface area contributed by atoms with Crippen LogP contribution in [0.15, 0.2) is 12.1 Å². The number of aliphatic hydroxyl groups excluding tert-OH is 1. The molecule has 3 heteroatoms. The van der Waals surface area contributed by atoms with E-state index in [4.69, 9.17) is 11.5 Å². The van der Waals surface area contributed by atoms with Crippen LogP contribution in [0, 0.1) is 13.8 Å². The summed E-state index contributed by atoms with van der Waals surface area (Å²) >= 11 is 0. The molecule has 78 valence electrons. The molecule has 0 aromatic heterocycles. The second-order valence-electron chi connectivity index (χ2n) is 3.85. The molecule has 2 atom stereocenters. The van der Waals surface area contributed by atoms with E-state index in [0.29, 0.717) is 5.69 Å². The van der Waals surface area contributed by atoms with Crippen molar-refractivity contribution in [3.8, 4) is 0 Å². The van der Waals surface area contributed by atoms with Crippen molar-refractivity contribution in [2.45, 2.75) is 32.9 Å². The van der Waals surface area contributed by atoms with Crippen molar-refractivity contribution < 1.29 is 5.11 Å². The van der Waals surface area contributed by atoms with Crippen LogP contribution >= 0.6 is 0 Å². The predicted octanol–water partition coefficient (Wildman–Crippen LogP) is 1.27. The average Bonchev–Trinajstić information content (AvgIpc) is 2.09. The van der Waals surface area contributed by atoms with Gasteiger partial charge in [0.2, 0.25) is 0 Å². The van der Waals surface area contributed by atoms with Crippen LogP contribution in [0.3, 0.4) is 0 Å². The maximum atomic E-state index is 9.40. The summed E-state index contributed by atoms with van der Waals surface area (Å²) in [5.74, 6) is 0. The molecule has 1 aromatic rings. The number of anilines is 1. The summed E-state index contributed by atoms with van der Waals surface area (Å²) in [4.78, 5) is 0.